The minimum atomic E-state index is -0.395. The fraction of sp³-hybridized carbons (Fsp3) is 0.172. The zero-order valence-electron chi connectivity index (χ0n) is 19.4. The molecule has 0 bridgehead atoms. The van der Waals surface area contributed by atoms with Gasteiger partial charge in [-0.15, -0.1) is 0 Å². The Morgan fingerprint density at radius 3 is 2.63 bits per heavy atom. The molecule has 5 aromatic rings. The van der Waals surface area contributed by atoms with Gasteiger partial charge in [-0.3, -0.25) is 0 Å². The summed E-state index contributed by atoms with van der Waals surface area (Å²) in [6.45, 7) is 2.04. The SMILES string of the molecule is O=C(NCCCn1ccc2cc(OCc3ccc4ccccc4n3)ccc21)OCc1ccccc1. The number of carbonyl (C=O) groups excluding carboxylic acids is 1. The highest BCUT2D eigenvalue weighted by Crippen LogP contribution is 2.23. The highest BCUT2D eigenvalue weighted by molar-refractivity contribution is 5.81. The molecule has 6 heteroatoms. The number of ether oxygens (including phenoxy) is 2. The number of para-hydroxylation sites is 1. The summed E-state index contributed by atoms with van der Waals surface area (Å²) in [5.74, 6) is 0.813. The summed E-state index contributed by atoms with van der Waals surface area (Å²) in [5, 5.41) is 5.05. The molecule has 0 aliphatic carbocycles. The molecule has 1 N–H and O–H groups in total. The van der Waals surface area contributed by atoms with Crippen molar-refractivity contribution in [3.63, 3.8) is 0 Å². The van der Waals surface area contributed by atoms with Crippen molar-refractivity contribution in [3.8, 4) is 5.75 Å². The minimum absolute atomic E-state index is 0.274. The average Bonchev–Trinajstić information content (AvgIpc) is 3.31. The minimum Gasteiger partial charge on any atom is -0.487 e. The van der Waals surface area contributed by atoms with Crippen LogP contribution in [0.25, 0.3) is 21.8 Å². The number of hydrogen-bond acceptors (Lipinski definition) is 4. The van der Waals surface area contributed by atoms with Gasteiger partial charge in [0.1, 0.15) is 19.0 Å². The molecule has 5 rings (SSSR count). The quantitative estimate of drug-likeness (QED) is 0.268. The van der Waals surface area contributed by atoms with E-state index in [1.54, 1.807) is 0 Å². The van der Waals surface area contributed by atoms with E-state index in [0.29, 0.717) is 13.2 Å². The van der Waals surface area contributed by atoms with Crippen molar-refractivity contribution in [1.82, 2.24) is 14.9 Å². The number of hydrogen-bond donors (Lipinski definition) is 1. The van der Waals surface area contributed by atoms with Crippen LogP contribution in [0.5, 0.6) is 5.75 Å². The zero-order chi connectivity index (χ0) is 23.9. The number of aryl methyl sites for hydroxylation is 1. The summed E-state index contributed by atoms with van der Waals surface area (Å²) >= 11 is 0. The Morgan fingerprint density at radius 1 is 0.857 bits per heavy atom. The first kappa shape index (κ1) is 22.5. The molecule has 0 atom stereocenters. The van der Waals surface area contributed by atoms with Crippen molar-refractivity contribution in [1.29, 1.82) is 0 Å². The third-order valence-corrected chi connectivity index (χ3v) is 5.84. The van der Waals surface area contributed by atoms with Gasteiger partial charge in [0.05, 0.1) is 11.2 Å². The van der Waals surface area contributed by atoms with Crippen LogP contribution in [0.3, 0.4) is 0 Å². The molecule has 0 radical (unpaired) electrons. The van der Waals surface area contributed by atoms with Gasteiger partial charge in [0, 0.05) is 35.6 Å². The van der Waals surface area contributed by atoms with E-state index in [1.165, 1.54) is 0 Å². The lowest BCUT2D eigenvalue weighted by atomic mass is 10.2. The first-order valence-corrected chi connectivity index (χ1v) is 11.8. The van der Waals surface area contributed by atoms with E-state index in [-0.39, 0.29) is 6.61 Å². The molecule has 2 aromatic heterocycles. The maximum absolute atomic E-state index is 11.9. The van der Waals surface area contributed by atoms with Gasteiger partial charge in [0.25, 0.3) is 0 Å². The molecule has 6 nitrogen and oxygen atoms in total. The van der Waals surface area contributed by atoms with Gasteiger partial charge < -0.3 is 19.4 Å². The molecule has 0 fully saturated rings. The summed E-state index contributed by atoms with van der Waals surface area (Å²) in [4.78, 5) is 16.6. The molecule has 0 aliphatic heterocycles. The van der Waals surface area contributed by atoms with Gasteiger partial charge in [-0.05, 0) is 48.4 Å². The molecule has 176 valence electrons. The van der Waals surface area contributed by atoms with E-state index < -0.39 is 6.09 Å². The molecule has 3 aromatic carbocycles. The number of alkyl carbamates (subject to hydrolysis) is 1. The number of rotatable bonds is 9. The second-order valence-electron chi connectivity index (χ2n) is 8.36. The highest BCUT2D eigenvalue weighted by atomic mass is 16.5. The van der Waals surface area contributed by atoms with Gasteiger partial charge in [-0.1, -0.05) is 54.6 Å². The maximum Gasteiger partial charge on any atom is 0.407 e. The standard InChI is InChI=1S/C29H27N3O3/c33-29(35-20-22-7-2-1-3-8-22)30-16-6-17-32-18-15-24-19-26(13-14-28(24)32)34-21-25-12-11-23-9-4-5-10-27(23)31-25/h1-5,7-15,18-19H,6,16-17,20-21H2,(H,30,33). The normalized spacial score (nSPS) is 11.0. The zero-order valence-corrected chi connectivity index (χ0v) is 19.4. The summed E-state index contributed by atoms with van der Waals surface area (Å²) in [7, 11) is 0. The number of aromatic nitrogens is 2. The molecule has 0 saturated heterocycles. The number of benzene rings is 3. The molecular weight excluding hydrogens is 438 g/mol. The Labute approximate surface area is 204 Å². The van der Waals surface area contributed by atoms with Crippen molar-refractivity contribution >= 4 is 27.9 Å². The van der Waals surface area contributed by atoms with E-state index in [0.717, 1.165) is 51.8 Å². The van der Waals surface area contributed by atoms with Crippen LogP contribution in [0.4, 0.5) is 4.79 Å². The number of nitrogens with zero attached hydrogens (tertiary/aromatic N) is 2. The van der Waals surface area contributed by atoms with Crippen LogP contribution >= 0.6 is 0 Å². The van der Waals surface area contributed by atoms with Gasteiger partial charge in [-0.25, -0.2) is 9.78 Å². The topological polar surface area (TPSA) is 65.4 Å². The van der Waals surface area contributed by atoms with Gasteiger partial charge in [0.15, 0.2) is 0 Å². The van der Waals surface area contributed by atoms with Crippen LogP contribution in [0.2, 0.25) is 0 Å². The number of pyridine rings is 1. The molecular formula is C29H27N3O3. The molecule has 0 saturated carbocycles. The molecule has 2 heterocycles. The predicted molar refractivity (Wildman–Crippen MR) is 137 cm³/mol. The van der Waals surface area contributed by atoms with Crippen molar-refractivity contribution < 1.29 is 14.3 Å². The molecule has 0 aliphatic rings. The first-order chi connectivity index (χ1) is 17.2. The van der Waals surface area contributed by atoms with Crippen LogP contribution in [0.1, 0.15) is 17.7 Å². The van der Waals surface area contributed by atoms with Crippen LogP contribution in [0.15, 0.2) is 97.2 Å². The maximum atomic E-state index is 11.9. The van der Waals surface area contributed by atoms with E-state index in [2.05, 4.69) is 45.3 Å². The lowest BCUT2D eigenvalue weighted by Gasteiger charge is -2.09. The Kier molecular flexibility index (Phi) is 6.89. The lowest BCUT2D eigenvalue weighted by molar-refractivity contribution is 0.139. The molecule has 35 heavy (non-hydrogen) atoms. The lowest BCUT2D eigenvalue weighted by Crippen LogP contribution is -2.25. The Morgan fingerprint density at radius 2 is 1.71 bits per heavy atom. The number of fused-ring (bicyclic) bond motifs is 2. The Balaban J connectivity index is 1.10. The van der Waals surface area contributed by atoms with Gasteiger partial charge in [-0.2, -0.15) is 0 Å². The van der Waals surface area contributed by atoms with Crippen molar-refractivity contribution in [3.05, 3.63) is 108 Å². The monoisotopic (exact) mass is 465 g/mol. The van der Waals surface area contributed by atoms with E-state index >= 15 is 0 Å². The fourth-order valence-electron chi connectivity index (χ4n) is 4.02. The van der Waals surface area contributed by atoms with Gasteiger partial charge >= 0.3 is 6.09 Å². The third kappa shape index (κ3) is 5.79. The Bertz CT molecular complexity index is 1430. The third-order valence-electron chi connectivity index (χ3n) is 5.84. The molecule has 0 spiro atoms. The van der Waals surface area contributed by atoms with E-state index in [1.807, 2.05) is 66.7 Å². The number of carbonyl (C=O) groups is 1. The van der Waals surface area contributed by atoms with Crippen LogP contribution in [-0.4, -0.2) is 22.2 Å². The molecule has 1 amide bonds. The summed E-state index contributed by atoms with van der Waals surface area (Å²) in [6.07, 6.45) is 2.47. The largest absolute Gasteiger partial charge is 0.487 e. The average molecular weight is 466 g/mol. The highest BCUT2D eigenvalue weighted by Gasteiger charge is 2.06. The summed E-state index contributed by atoms with van der Waals surface area (Å²) in [5.41, 5.74) is 3.97. The fourth-order valence-corrected chi connectivity index (χ4v) is 4.02. The number of nitrogens with one attached hydrogen (secondary N) is 1. The first-order valence-electron chi connectivity index (χ1n) is 11.8. The molecule has 0 unspecified atom stereocenters. The van der Waals surface area contributed by atoms with Gasteiger partial charge in [0.2, 0.25) is 0 Å². The van der Waals surface area contributed by atoms with Crippen molar-refractivity contribution in [2.75, 3.05) is 6.54 Å². The smallest absolute Gasteiger partial charge is 0.407 e. The van der Waals surface area contributed by atoms with Crippen molar-refractivity contribution in [2.24, 2.45) is 0 Å². The summed E-state index contributed by atoms with van der Waals surface area (Å²) in [6, 6.07) is 30.0. The van der Waals surface area contributed by atoms with E-state index in [4.69, 9.17) is 9.47 Å². The predicted octanol–water partition coefficient (Wildman–Crippen LogP) is 6.09. The second kappa shape index (κ2) is 10.7. The number of amides is 1. The van der Waals surface area contributed by atoms with Crippen LogP contribution < -0.4 is 10.1 Å². The van der Waals surface area contributed by atoms with Crippen LogP contribution in [-0.2, 0) is 24.5 Å². The van der Waals surface area contributed by atoms with Crippen molar-refractivity contribution in [2.45, 2.75) is 26.2 Å². The Hall–Kier alpha value is -4.32. The van der Waals surface area contributed by atoms with Crippen LogP contribution in [0, 0.1) is 0 Å². The summed E-state index contributed by atoms with van der Waals surface area (Å²) < 4.78 is 13.4. The second-order valence-corrected chi connectivity index (χ2v) is 8.36. The van der Waals surface area contributed by atoms with E-state index in [9.17, 15) is 4.79 Å².